The molecular formula is C23H21N5O4. The van der Waals surface area contributed by atoms with Crippen molar-refractivity contribution in [1.29, 1.82) is 0 Å². The molecule has 9 heteroatoms. The van der Waals surface area contributed by atoms with Crippen molar-refractivity contribution in [3.05, 3.63) is 83.8 Å². The first-order chi connectivity index (χ1) is 15.5. The predicted molar refractivity (Wildman–Crippen MR) is 119 cm³/mol. The number of hydrazine groups is 1. The van der Waals surface area contributed by atoms with Crippen LogP contribution in [0.4, 0.5) is 11.4 Å². The van der Waals surface area contributed by atoms with E-state index in [1.165, 1.54) is 11.3 Å². The predicted octanol–water partition coefficient (Wildman–Crippen LogP) is 2.41. The molecule has 0 radical (unpaired) electrons. The van der Waals surface area contributed by atoms with Crippen molar-refractivity contribution in [2.24, 2.45) is 4.99 Å². The minimum atomic E-state index is -0.426. The largest absolute Gasteiger partial charge is 0.459 e. The fraction of sp³-hybridized carbons (Fsp3) is 0.130. The third kappa shape index (κ3) is 4.84. The summed E-state index contributed by atoms with van der Waals surface area (Å²) < 4.78 is 5.06. The minimum Gasteiger partial charge on any atom is -0.459 e. The number of hydrogen-bond acceptors (Lipinski definition) is 6. The van der Waals surface area contributed by atoms with E-state index in [9.17, 15) is 14.4 Å². The number of carbonyl (C=O) groups excluding carboxylic acids is 3. The molecule has 3 aromatic rings. The Morgan fingerprint density at radius 3 is 2.50 bits per heavy atom. The Bertz CT molecular complexity index is 1150. The monoisotopic (exact) mass is 431 g/mol. The Morgan fingerprint density at radius 2 is 1.81 bits per heavy atom. The van der Waals surface area contributed by atoms with Crippen LogP contribution in [0.3, 0.4) is 0 Å². The number of rotatable bonds is 6. The molecule has 162 valence electrons. The highest BCUT2D eigenvalue weighted by atomic mass is 16.3. The SMILES string of the molecule is Cc1ccc(N2NC(C(=O)NCc3ccc(NC(=O)c4ccco4)cc3)=NCC2=O)cc1. The molecule has 1 aromatic heterocycles. The molecule has 0 atom stereocenters. The van der Waals surface area contributed by atoms with Crippen LogP contribution in [-0.2, 0) is 16.1 Å². The van der Waals surface area contributed by atoms with E-state index >= 15 is 0 Å². The zero-order chi connectivity index (χ0) is 22.5. The highest BCUT2D eigenvalue weighted by Crippen LogP contribution is 2.15. The van der Waals surface area contributed by atoms with E-state index in [0.29, 0.717) is 11.4 Å². The van der Waals surface area contributed by atoms with Gasteiger partial charge in [0.1, 0.15) is 6.54 Å². The first kappa shape index (κ1) is 20.9. The summed E-state index contributed by atoms with van der Waals surface area (Å²) >= 11 is 0. The van der Waals surface area contributed by atoms with Crippen molar-refractivity contribution in [1.82, 2.24) is 10.7 Å². The molecule has 0 spiro atoms. The van der Waals surface area contributed by atoms with Crippen LogP contribution < -0.4 is 21.1 Å². The number of amides is 3. The average Bonchev–Trinajstić information content (AvgIpc) is 3.35. The van der Waals surface area contributed by atoms with Crippen LogP contribution in [0.25, 0.3) is 0 Å². The minimum absolute atomic E-state index is 0.0625. The lowest BCUT2D eigenvalue weighted by Crippen LogP contribution is -2.55. The molecule has 9 nitrogen and oxygen atoms in total. The van der Waals surface area contributed by atoms with Crippen molar-refractivity contribution in [3.8, 4) is 0 Å². The van der Waals surface area contributed by atoms with Gasteiger partial charge < -0.3 is 15.1 Å². The zero-order valence-electron chi connectivity index (χ0n) is 17.3. The van der Waals surface area contributed by atoms with E-state index in [1.807, 2.05) is 19.1 Å². The molecule has 3 N–H and O–H groups in total. The fourth-order valence-electron chi connectivity index (χ4n) is 3.02. The van der Waals surface area contributed by atoms with E-state index in [-0.39, 0.29) is 36.5 Å². The maximum Gasteiger partial charge on any atom is 0.291 e. The van der Waals surface area contributed by atoms with Gasteiger partial charge in [0.05, 0.1) is 12.0 Å². The van der Waals surface area contributed by atoms with Crippen LogP contribution in [0.1, 0.15) is 21.7 Å². The molecule has 0 aliphatic carbocycles. The molecule has 0 bridgehead atoms. The third-order valence-electron chi connectivity index (χ3n) is 4.76. The lowest BCUT2D eigenvalue weighted by Gasteiger charge is -2.27. The van der Waals surface area contributed by atoms with Crippen LogP contribution in [0, 0.1) is 6.92 Å². The smallest absolute Gasteiger partial charge is 0.291 e. The first-order valence-corrected chi connectivity index (χ1v) is 9.92. The number of amidine groups is 1. The number of carbonyl (C=O) groups is 3. The Labute approximate surface area is 184 Å². The van der Waals surface area contributed by atoms with Gasteiger partial charge in [0.2, 0.25) is 5.84 Å². The van der Waals surface area contributed by atoms with Crippen molar-refractivity contribution < 1.29 is 18.8 Å². The van der Waals surface area contributed by atoms with Gasteiger partial charge in [-0.1, -0.05) is 29.8 Å². The quantitative estimate of drug-likeness (QED) is 0.554. The number of anilines is 2. The molecule has 32 heavy (non-hydrogen) atoms. The topological polar surface area (TPSA) is 116 Å². The van der Waals surface area contributed by atoms with E-state index in [4.69, 9.17) is 4.42 Å². The van der Waals surface area contributed by atoms with Gasteiger partial charge in [-0.25, -0.2) is 5.01 Å². The standard InChI is InChI=1S/C23H21N5O4/c1-15-4-10-18(11-5-15)28-20(29)14-24-21(27-28)23(31)25-13-16-6-8-17(9-7-16)26-22(30)19-3-2-12-32-19/h2-12H,13-14H2,1H3,(H,24,27)(H,25,31)(H,26,30). The fourth-order valence-corrected chi connectivity index (χ4v) is 3.02. The van der Waals surface area contributed by atoms with Gasteiger partial charge in [-0.05, 0) is 48.9 Å². The maximum atomic E-state index is 12.5. The lowest BCUT2D eigenvalue weighted by atomic mass is 10.2. The lowest BCUT2D eigenvalue weighted by molar-refractivity contribution is -0.118. The van der Waals surface area contributed by atoms with Gasteiger partial charge in [-0.3, -0.25) is 24.8 Å². The summed E-state index contributed by atoms with van der Waals surface area (Å²) in [6.45, 7) is 2.09. The van der Waals surface area contributed by atoms with Gasteiger partial charge >= 0.3 is 0 Å². The molecule has 0 saturated carbocycles. The summed E-state index contributed by atoms with van der Waals surface area (Å²) in [5.74, 6) is -0.736. The molecule has 2 heterocycles. The van der Waals surface area contributed by atoms with Crippen molar-refractivity contribution in [3.63, 3.8) is 0 Å². The second kappa shape index (κ2) is 9.17. The normalized spacial score (nSPS) is 13.2. The van der Waals surface area contributed by atoms with Crippen LogP contribution in [0.2, 0.25) is 0 Å². The van der Waals surface area contributed by atoms with E-state index in [2.05, 4.69) is 21.1 Å². The summed E-state index contributed by atoms with van der Waals surface area (Å²) in [5, 5.41) is 6.82. The van der Waals surface area contributed by atoms with Crippen LogP contribution >= 0.6 is 0 Å². The number of hydrogen-bond donors (Lipinski definition) is 3. The highest BCUT2D eigenvalue weighted by Gasteiger charge is 2.25. The number of nitrogens with zero attached hydrogens (tertiary/aromatic N) is 2. The van der Waals surface area contributed by atoms with Crippen molar-refractivity contribution in [2.75, 3.05) is 16.9 Å². The molecule has 2 aromatic carbocycles. The van der Waals surface area contributed by atoms with Gasteiger partial charge in [0.15, 0.2) is 5.76 Å². The van der Waals surface area contributed by atoms with Gasteiger partial charge in [-0.15, -0.1) is 0 Å². The number of furan rings is 1. The number of aryl methyl sites for hydroxylation is 1. The molecule has 3 amide bonds. The Balaban J connectivity index is 1.32. The third-order valence-corrected chi connectivity index (χ3v) is 4.76. The number of nitrogens with one attached hydrogen (secondary N) is 3. The summed E-state index contributed by atoms with van der Waals surface area (Å²) in [6.07, 6.45) is 1.43. The number of aliphatic imine (C=N–C) groups is 1. The summed E-state index contributed by atoms with van der Waals surface area (Å²) in [5.41, 5.74) is 5.92. The molecular weight excluding hydrogens is 410 g/mol. The average molecular weight is 431 g/mol. The zero-order valence-corrected chi connectivity index (χ0v) is 17.3. The second-order valence-electron chi connectivity index (χ2n) is 7.15. The molecule has 0 saturated heterocycles. The van der Waals surface area contributed by atoms with Gasteiger partial charge in [-0.2, -0.15) is 0 Å². The van der Waals surface area contributed by atoms with Crippen molar-refractivity contribution >= 4 is 34.9 Å². The summed E-state index contributed by atoms with van der Waals surface area (Å²) in [7, 11) is 0. The van der Waals surface area contributed by atoms with Crippen LogP contribution in [-0.4, -0.2) is 30.1 Å². The van der Waals surface area contributed by atoms with Crippen molar-refractivity contribution in [2.45, 2.75) is 13.5 Å². The Hall–Kier alpha value is -4.40. The van der Waals surface area contributed by atoms with E-state index in [1.54, 1.807) is 48.5 Å². The van der Waals surface area contributed by atoms with Crippen LogP contribution in [0.15, 0.2) is 76.3 Å². The molecule has 4 rings (SSSR count). The maximum absolute atomic E-state index is 12.5. The molecule has 1 aliphatic rings. The molecule has 0 fully saturated rings. The molecule has 0 unspecified atom stereocenters. The van der Waals surface area contributed by atoms with Gasteiger partial charge in [0.25, 0.3) is 17.7 Å². The van der Waals surface area contributed by atoms with Gasteiger partial charge in [0, 0.05) is 12.2 Å². The molecule has 1 aliphatic heterocycles. The number of benzene rings is 2. The Morgan fingerprint density at radius 1 is 1.06 bits per heavy atom. The van der Waals surface area contributed by atoms with E-state index < -0.39 is 5.91 Å². The highest BCUT2D eigenvalue weighted by molar-refractivity contribution is 6.39. The Kier molecular flexibility index (Phi) is 5.98. The summed E-state index contributed by atoms with van der Waals surface area (Å²) in [6, 6.07) is 17.6. The summed E-state index contributed by atoms with van der Waals surface area (Å²) in [4.78, 5) is 40.8. The first-order valence-electron chi connectivity index (χ1n) is 9.92. The van der Waals surface area contributed by atoms with Crippen LogP contribution in [0.5, 0.6) is 0 Å². The second-order valence-corrected chi connectivity index (χ2v) is 7.15. The van der Waals surface area contributed by atoms with E-state index in [0.717, 1.165) is 11.1 Å².